The van der Waals surface area contributed by atoms with Crippen LogP contribution in [0.25, 0.3) is 5.65 Å². The largest absolute Gasteiger partial charge is 0.321 e. The van der Waals surface area contributed by atoms with Gasteiger partial charge < -0.3 is 9.72 Å². The Labute approximate surface area is 167 Å². The highest BCUT2D eigenvalue weighted by Crippen LogP contribution is 2.40. The van der Waals surface area contributed by atoms with E-state index in [-0.39, 0.29) is 23.8 Å². The third kappa shape index (κ3) is 3.36. The van der Waals surface area contributed by atoms with Gasteiger partial charge in [0, 0.05) is 30.2 Å². The fraction of sp³-hybridized carbons (Fsp3) is 0.333. The Balaban J connectivity index is 1.31. The van der Waals surface area contributed by atoms with Crippen molar-refractivity contribution in [2.24, 2.45) is 11.8 Å². The summed E-state index contributed by atoms with van der Waals surface area (Å²) < 4.78 is 1.76. The summed E-state index contributed by atoms with van der Waals surface area (Å²) in [6.07, 6.45) is 11.0. The molecule has 1 saturated carbocycles. The summed E-state index contributed by atoms with van der Waals surface area (Å²) in [7, 11) is 0. The van der Waals surface area contributed by atoms with Crippen LogP contribution in [0.4, 0.5) is 5.69 Å². The summed E-state index contributed by atoms with van der Waals surface area (Å²) >= 11 is 0. The number of aromatic nitrogens is 3. The Morgan fingerprint density at radius 2 is 2.00 bits per heavy atom. The number of rotatable bonds is 3. The van der Waals surface area contributed by atoms with Gasteiger partial charge >= 0.3 is 0 Å². The second kappa shape index (κ2) is 7.29. The van der Waals surface area contributed by atoms with Crippen LogP contribution in [0, 0.1) is 11.8 Å². The minimum atomic E-state index is -0.267. The van der Waals surface area contributed by atoms with Crippen LogP contribution in [0.1, 0.15) is 47.8 Å². The lowest BCUT2D eigenvalue weighted by Crippen LogP contribution is -2.55. The first kappa shape index (κ1) is 17.8. The number of benzene rings is 1. The van der Waals surface area contributed by atoms with Crippen molar-refractivity contribution in [2.75, 3.05) is 5.32 Å². The van der Waals surface area contributed by atoms with Gasteiger partial charge in [-0.1, -0.05) is 25.0 Å². The lowest BCUT2D eigenvalue weighted by Gasteiger charge is -2.41. The first-order valence-corrected chi connectivity index (χ1v) is 9.94. The van der Waals surface area contributed by atoms with E-state index in [9.17, 15) is 9.59 Å². The second-order valence-electron chi connectivity index (χ2n) is 7.71. The number of carbonyl (C=O) groups is 2. The molecule has 0 radical (unpaired) electrons. The van der Waals surface area contributed by atoms with Gasteiger partial charge in [0.2, 0.25) is 5.91 Å². The number of imidazole rings is 1. The van der Waals surface area contributed by atoms with Crippen molar-refractivity contribution in [3.05, 3.63) is 60.3 Å². The van der Waals surface area contributed by atoms with E-state index in [2.05, 4.69) is 26.1 Å². The standard InChI is InChI=1S/C21H22N6O2/c28-20-16-4-2-1-3-15(16)19(25-26-20)13-5-7-14(8-6-13)23-21(29)17-12-27-10-9-22-11-18(27)24-17/h5-12,15-16,19,25H,1-4H2,(H,23,29)(H,26,28). The van der Waals surface area contributed by atoms with Crippen molar-refractivity contribution < 1.29 is 9.59 Å². The number of carbonyl (C=O) groups excluding carboxylic acids is 2. The average molecular weight is 390 g/mol. The average Bonchev–Trinajstić information content (AvgIpc) is 3.20. The Kier molecular flexibility index (Phi) is 4.48. The Bertz CT molecular complexity index is 1030. The fourth-order valence-corrected chi connectivity index (χ4v) is 4.48. The number of fused-ring (bicyclic) bond motifs is 2. The van der Waals surface area contributed by atoms with Crippen LogP contribution in [0.3, 0.4) is 0 Å². The van der Waals surface area contributed by atoms with Crippen molar-refractivity contribution in [1.29, 1.82) is 0 Å². The van der Waals surface area contributed by atoms with Crippen molar-refractivity contribution in [3.63, 3.8) is 0 Å². The summed E-state index contributed by atoms with van der Waals surface area (Å²) in [5.74, 6) is 0.234. The predicted octanol–water partition coefficient (Wildman–Crippen LogP) is 2.46. The van der Waals surface area contributed by atoms with Gasteiger partial charge in [-0.15, -0.1) is 0 Å². The van der Waals surface area contributed by atoms with Crippen LogP contribution in [-0.2, 0) is 4.79 Å². The number of anilines is 1. The van der Waals surface area contributed by atoms with E-state index in [1.807, 2.05) is 24.3 Å². The second-order valence-corrected chi connectivity index (χ2v) is 7.71. The SMILES string of the molecule is O=C(Nc1ccc(C2NNC(=O)C3CCCCC32)cc1)c1cn2ccncc2n1. The molecule has 29 heavy (non-hydrogen) atoms. The molecule has 3 N–H and O–H groups in total. The van der Waals surface area contributed by atoms with Gasteiger partial charge in [0.25, 0.3) is 5.91 Å². The molecule has 3 heterocycles. The van der Waals surface area contributed by atoms with Gasteiger partial charge in [0.05, 0.1) is 12.2 Å². The molecule has 5 rings (SSSR count). The lowest BCUT2D eigenvalue weighted by molar-refractivity contribution is -0.133. The number of hydrazine groups is 1. The van der Waals surface area contributed by atoms with Crippen molar-refractivity contribution in [3.8, 4) is 0 Å². The maximum absolute atomic E-state index is 12.5. The van der Waals surface area contributed by atoms with Crippen LogP contribution >= 0.6 is 0 Å². The molecule has 3 aromatic rings. The maximum atomic E-state index is 12.5. The van der Waals surface area contributed by atoms with Crippen LogP contribution in [-0.4, -0.2) is 26.2 Å². The molecule has 1 aliphatic carbocycles. The molecule has 3 unspecified atom stereocenters. The van der Waals surface area contributed by atoms with E-state index in [0.29, 0.717) is 22.9 Å². The third-order valence-corrected chi connectivity index (χ3v) is 5.96. The van der Waals surface area contributed by atoms with Crippen molar-refractivity contribution in [1.82, 2.24) is 25.2 Å². The van der Waals surface area contributed by atoms with E-state index >= 15 is 0 Å². The summed E-state index contributed by atoms with van der Waals surface area (Å²) in [5.41, 5.74) is 8.79. The maximum Gasteiger partial charge on any atom is 0.275 e. The summed E-state index contributed by atoms with van der Waals surface area (Å²) in [5, 5.41) is 2.89. The first-order valence-electron chi connectivity index (χ1n) is 9.94. The molecule has 1 saturated heterocycles. The molecule has 8 nitrogen and oxygen atoms in total. The van der Waals surface area contributed by atoms with E-state index in [4.69, 9.17) is 0 Å². The number of nitrogens with zero attached hydrogens (tertiary/aromatic N) is 3. The number of hydrogen-bond acceptors (Lipinski definition) is 5. The monoisotopic (exact) mass is 390 g/mol. The van der Waals surface area contributed by atoms with E-state index in [1.165, 1.54) is 0 Å². The highest BCUT2D eigenvalue weighted by Gasteiger charge is 2.40. The molecule has 148 valence electrons. The van der Waals surface area contributed by atoms with Crippen molar-refractivity contribution in [2.45, 2.75) is 31.7 Å². The van der Waals surface area contributed by atoms with Gasteiger partial charge in [0.15, 0.2) is 5.65 Å². The molecule has 0 bridgehead atoms. The lowest BCUT2D eigenvalue weighted by atomic mass is 9.72. The molecular formula is C21H22N6O2. The zero-order valence-electron chi connectivity index (χ0n) is 15.8. The number of nitrogens with one attached hydrogen (secondary N) is 3. The molecule has 1 aromatic carbocycles. The molecular weight excluding hydrogens is 368 g/mol. The summed E-state index contributed by atoms with van der Waals surface area (Å²) in [6, 6.07) is 7.88. The molecule has 8 heteroatoms. The molecule has 2 amide bonds. The highest BCUT2D eigenvalue weighted by atomic mass is 16.2. The Morgan fingerprint density at radius 1 is 1.17 bits per heavy atom. The van der Waals surface area contributed by atoms with Crippen LogP contribution in [0.15, 0.2) is 49.1 Å². The van der Waals surface area contributed by atoms with Crippen LogP contribution in [0.5, 0.6) is 0 Å². The topological polar surface area (TPSA) is 100 Å². The number of hydrogen-bond donors (Lipinski definition) is 3. The van der Waals surface area contributed by atoms with E-state index < -0.39 is 0 Å². The zero-order valence-corrected chi connectivity index (χ0v) is 15.8. The van der Waals surface area contributed by atoms with Crippen molar-refractivity contribution >= 4 is 23.1 Å². The van der Waals surface area contributed by atoms with Gasteiger partial charge in [-0.05, 0) is 36.5 Å². The van der Waals surface area contributed by atoms with Gasteiger partial charge in [-0.3, -0.25) is 20.0 Å². The smallest absolute Gasteiger partial charge is 0.275 e. The summed E-state index contributed by atoms with van der Waals surface area (Å²) in [4.78, 5) is 33.0. The van der Waals surface area contributed by atoms with Crippen LogP contribution < -0.4 is 16.2 Å². The fourth-order valence-electron chi connectivity index (χ4n) is 4.48. The number of amides is 2. The molecule has 3 atom stereocenters. The van der Waals surface area contributed by atoms with Gasteiger partial charge in [-0.25, -0.2) is 10.4 Å². The molecule has 0 spiro atoms. The Hall–Kier alpha value is -3.26. The van der Waals surface area contributed by atoms with E-state index in [1.54, 1.807) is 29.2 Å². The first-order chi connectivity index (χ1) is 14.2. The van der Waals surface area contributed by atoms with Gasteiger partial charge in [0.1, 0.15) is 5.69 Å². The Morgan fingerprint density at radius 3 is 2.83 bits per heavy atom. The normalized spacial score (nSPS) is 24.0. The minimum absolute atomic E-state index is 0.0823. The molecule has 1 aliphatic heterocycles. The third-order valence-electron chi connectivity index (χ3n) is 5.96. The van der Waals surface area contributed by atoms with E-state index in [0.717, 1.165) is 31.2 Å². The quantitative estimate of drug-likeness (QED) is 0.638. The molecule has 2 aromatic heterocycles. The van der Waals surface area contributed by atoms with Crippen LogP contribution in [0.2, 0.25) is 0 Å². The summed E-state index contributed by atoms with van der Waals surface area (Å²) in [6.45, 7) is 0. The molecule has 2 fully saturated rings. The predicted molar refractivity (Wildman–Crippen MR) is 107 cm³/mol. The minimum Gasteiger partial charge on any atom is -0.321 e. The molecule has 2 aliphatic rings. The van der Waals surface area contributed by atoms with Gasteiger partial charge in [-0.2, -0.15) is 0 Å². The highest BCUT2D eigenvalue weighted by molar-refractivity contribution is 6.03. The zero-order chi connectivity index (χ0) is 19.8.